The molecular weight excluding hydrogens is 450 g/mol. The SMILES string of the molecule is N/C(=C\C(=C/Cc1cccc(Br)c1)c1ccccc1)c1cccc(Br)c1. The van der Waals surface area contributed by atoms with Crippen molar-refractivity contribution in [3.05, 3.63) is 117 Å². The Morgan fingerprint density at radius 1 is 0.769 bits per heavy atom. The Morgan fingerprint density at radius 2 is 1.42 bits per heavy atom. The van der Waals surface area contributed by atoms with E-state index in [1.54, 1.807) is 0 Å². The van der Waals surface area contributed by atoms with Crippen LogP contribution in [0.2, 0.25) is 0 Å². The number of rotatable bonds is 5. The first-order valence-electron chi connectivity index (χ1n) is 8.35. The van der Waals surface area contributed by atoms with Gasteiger partial charge in [-0.15, -0.1) is 0 Å². The Labute approximate surface area is 171 Å². The molecule has 0 atom stereocenters. The van der Waals surface area contributed by atoms with Gasteiger partial charge < -0.3 is 5.73 Å². The van der Waals surface area contributed by atoms with E-state index in [0.29, 0.717) is 0 Å². The van der Waals surface area contributed by atoms with Gasteiger partial charge in [0.15, 0.2) is 0 Å². The van der Waals surface area contributed by atoms with Gasteiger partial charge in [-0.25, -0.2) is 0 Å². The highest BCUT2D eigenvalue weighted by atomic mass is 79.9. The fourth-order valence-corrected chi connectivity index (χ4v) is 3.55. The summed E-state index contributed by atoms with van der Waals surface area (Å²) in [6, 6.07) is 26.7. The average Bonchev–Trinajstić information content (AvgIpc) is 2.65. The van der Waals surface area contributed by atoms with E-state index in [0.717, 1.165) is 37.8 Å². The van der Waals surface area contributed by atoms with Crippen molar-refractivity contribution in [1.29, 1.82) is 0 Å². The van der Waals surface area contributed by atoms with Crippen LogP contribution in [0.25, 0.3) is 11.3 Å². The summed E-state index contributed by atoms with van der Waals surface area (Å²) in [5.41, 5.74) is 11.7. The lowest BCUT2D eigenvalue weighted by Gasteiger charge is -2.08. The zero-order valence-corrected chi connectivity index (χ0v) is 17.4. The number of hydrogen-bond acceptors (Lipinski definition) is 1. The normalized spacial score (nSPS) is 12.2. The summed E-state index contributed by atoms with van der Waals surface area (Å²) < 4.78 is 2.11. The molecule has 0 heterocycles. The summed E-state index contributed by atoms with van der Waals surface area (Å²) in [6.07, 6.45) is 5.11. The predicted molar refractivity (Wildman–Crippen MR) is 119 cm³/mol. The number of halogens is 2. The molecule has 0 aliphatic rings. The molecule has 2 N–H and O–H groups in total. The summed E-state index contributed by atoms with van der Waals surface area (Å²) in [7, 11) is 0. The number of hydrogen-bond donors (Lipinski definition) is 1. The molecule has 26 heavy (non-hydrogen) atoms. The maximum absolute atomic E-state index is 6.39. The Balaban J connectivity index is 1.96. The number of benzene rings is 3. The van der Waals surface area contributed by atoms with Crippen LogP contribution in [0.15, 0.2) is 100.0 Å². The van der Waals surface area contributed by atoms with Crippen molar-refractivity contribution in [1.82, 2.24) is 0 Å². The third kappa shape index (κ3) is 5.20. The van der Waals surface area contributed by atoms with E-state index in [9.17, 15) is 0 Å². The molecule has 1 nitrogen and oxygen atoms in total. The minimum Gasteiger partial charge on any atom is -0.398 e. The average molecular weight is 469 g/mol. The molecule has 0 bridgehead atoms. The van der Waals surface area contributed by atoms with E-state index < -0.39 is 0 Å². The quantitative estimate of drug-likeness (QED) is 0.407. The summed E-state index contributed by atoms with van der Waals surface area (Å²) >= 11 is 7.04. The van der Waals surface area contributed by atoms with Crippen molar-refractivity contribution >= 4 is 43.1 Å². The zero-order chi connectivity index (χ0) is 18.4. The zero-order valence-electron chi connectivity index (χ0n) is 14.2. The van der Waals surface area contributed by atoms with Crippen molar-refractivity contribution < 1.29 is 0 Å². The topological polar surface area (TPSA) is 26.0 Å². The smallest absolute Gasteiger partial charge is 0.0394 e. The third-order valence-corrected chi connectivity index (χ3v) is 5.01. The third-order valence-electron chi connectivity index (χ3n) is 4.02. The second-order valence-corrected chi connectivity index (χ2v) is 7.80. The molecule has 130 valence electrons. The van der Waals surface area contributed by atoms with Gasteiger partial charge in [-0.3, -0.25) is 0 Å². The Hall–Kier alpha value is -2.10. The lowest BCUT2D eigenvalue weighted by Crippen LogP contribution is -1.97. The molecule has 3 aromatic carbocycles. The Kier molecular flexibility index (Phi) is 6.48. The summed E-state index contributed by atoms with van der Waals surface area (Å²) in [6.45, 7) is 0. The highest BCUT2D eigenvalue weighted by Crippen LogP contribution is 2.23. The summed E-state index contributed by atoms with van der Waals surface area (Å²) in [5, 5.41) is 0. The van der Waals surface area contributed by atoms with Crippen molar-refractivity contribution in [3.8, 4) is 0 Å². The van der Waals surface area contributed by atoms with E-state index in [4.69, 9.17) is 5.73 Å². The van der Waals surface area contributed by atoms with Crippen LogP contribution >= 0.6 is 31.9 Å². The van der Waals surface area contributed by atoms with Crippen LogP contribution in [0.4, 0.5) is 0 Å². The number of nitrogens with two attached hydrogens (primary N) is 1. The molecule has 0 aromatic heterocycles. The molecule has 0 aliphatic heterocycles. The fourth-order valence-electron chi connectivity index (χ4n) is 2.70. The molecule has 0 amide bonds. The standard InChI is InChI=1S/C23H19Br2N/c24-21-10-4-6-17(14-21)12-13-19(18-7-2-1-3-8-18)16-23(26)20-9-5-11-22(25)15-20/h1-11,13-16H,12,26H2/b19-13+,23-16-. The van der Waals surface area contributed by atoms with Gasteiger partial charge in [-0.1, -0.05) is 92.5 Å². The summed E-state index contributed by atoms with van der Waals surface area (Å²) in [4.78, 5) is 0. The number of allylic oxidation sites excluding steroid dienone is 3. The van der Waals surface area contributed by atoms with Crippen molar-refractivity contribution in [2.45, 2.75) is 6.42 Å². The van der Waals surface area contributed by atoms with E-state index in [-0.39, 0.29) is 0 Å². The van der Waals surface area contributed by atoms with Crippen LogP contribution < -0.4 is 5.73 Å². The van der Waals surface area contributed by atoms with Gasteiger partial charge in [0.25, 0.3) is 0 Å². The lowest BCUT2D eigenvalue weighted by molar-refractivity contribution is 1.26. The Morgan fingerprint density at radius 3 is 2.12 bits per heavy atom. The first-order valence-corrected chi connectivity index (χ1v) is 9.93. The van der Waals surface area contributed by atoms with Gasteiger partial charge in [0.2, 0.25) is 0 Å². The molecule has 3 heteroatoms. The molecule has 0 fully saturated rings. The maximum atomic E-state index is 6.39. The molecule has 0 saturated heterocycles. The van der Waals surface area contributed by atoms with Gasteiger partial charge in [0, 0.05) is 14.6 Å². The van der Waals surface area contributed by atoms with Crippen molar-refractivity contribution in [2.24, 2.45) is 5.73 Å². The van der Waals surface area contributed by atoms with Crippen LogP contribution in [0.3, 0.4) is 0 Å². The van der Waals surface area contributed by atoms with Gasteiger partial charge >= 0.3 is 0 Å². The van der Waals surface area contributed by atoms with Gasteiger partial charge in [0.05, 0.1) is 0 Å². The first-order chi connectivity index (χ1) is 12.6. The van der Waals surface area contributed by atoms with E-state index in [2.05, 4.69) is 74.3 Å². The molecule has 0 saturated carbocycles. The van der Waals surface area contributed by atoms with Gasteiger partial charge in [0.1, 0.15) is 0 Å². The minimum atomic E-state index is 0.746. The lowest BCUT2D eigenvalue weighted by atomic mass is 10.00. The van der Waals surface area contributed by atoms with Crippen molar-refractivity contribution in [3.63, 3.8) is 0 Å². The minimum absolute atomic E-state index is 0.746. The Bertz CT molecular complexity index is 943. The largest absolute Gasteiger partial charge is 0.398 e. The first kappa shape index (κ1) is 18.7. The van der Waals surface area contributed by atoms with Crippen LogP contribution in [0.5, 0.6) is 0 Å². The van der Waals surface area contributed by atoms with Crippen LogP contribution in [0, 0.1) is 0 Å². The van der Waals surface area contributed by atoms with E-state index in [1.165, 1.54) is 5.56 Å². The second kappa shape index (κ2) is 9.02. The maximum Gasteiger partial charge on any atom is 0.0394 e. The van der Waals surface area contributed by atoms with Crippen LogP contribution in [-0.4, -0.2) is 0 Å². The molecule has 3 aromatic rings. The van der Waals surface area contributed by atoms with Crippen molar-refractivity contribution in [2.75, 3.05) is 0 Å². The molecule has 0 aliphatic carbocycles. The monoisotopic (exact) mass is 467 g/mol. The van der Waals surface area contributed by atoms with Crippen LogP contribution in [-0.2, 0) is 6.42 Å². The predicted octanol–water partition coefficient (Wildman–Crippen LogP) is 6.84. The van der Waals surface area contributed by atoms with E-state index >= 15 is 0 Å². The van der Waals surface area contributed by atoms with Gasteiger partial charge in [-0.05, 0) is 59.0 Å². The highest BCUT2D eigenvalue weighted by Gasteiger charge is 2.03. The molecule has 0 spiro atoms. The van der Waals surface area contributed by atoms with Gasteiger partial charge in [-0.2, -0.15) is 0 Å². The summed E-state index contributed by atoms with van der Waals surface area (Å²) in [5.74, 6) is 0. The van der Waals surface area contributed by atoms with E-state index in [1.807, 2.05) is 48.5 Å². The molecule has 3 rings (SSSR count). The van der Waals surface area contributed by atoms with Crippen LogP contribution in [0.1, 0.15) is 16.7 Å². The highest BCUT2D eigenvalue weighted by molar-refractivity contribution is 9.10. The second-order valence-electron chi connectivity index (χ2n) is 5.97. The fraction of sp³-hybridized carbons (Fsp3) is 0.0435. The molecule has 0 radical (unpaired) electrons. The molecular formula is C23H19Br2N. The molecule has 0 unspecified atom stereocenters.